The number of ether oxygens (including phenoxy) is 3. The standard InChI is InChI=1S/C19H20O5/c1-12-9-14(22-2)6-7-15(12)16(19(20)21)10-13-5-8-17(23-3)18(11-13)24-4/h5-11H,1-4H3,(H,20,21)/b16-10-. The van der Waals surface area contributed by atoms with Gasteiger partial charge in [-0.3, -0.25) is 0 Å². The number of carboxylic acids is 1. The number of carbonyl (C=O) groups is 1. The maximum absolute atomic E-state index is 11.7. The number of benzene rings is 2. The van der Waals surface area contributed by atoms with Crippen LogP contribution in [-0.4, -0.2) is 32.4 Å². The highest BCUT2D eigenvalue weighted by Gasteiger charge is 2.14. The van der Waals surface area contributed by atoms with Crippen LogP contribution in [0.5, 0.6) is 17.2 Å². The lowest BCUT2D eigenvalue weighted by molar-refractivity contribution is -0.130. The third-order valence-corrected chi connectivity index (χ3v) is 3.67. The van der Waals surface area contributed by atoms with Crippen molar-refractivity contribution in [3.63, 3.8) is 0 Å². The summed E-state index contributed by atoms with van der Waals surface area (Å²) in [6, 6.07) is 10.6. The number of aliphatic carboxylic acids is 1. The fourth-order valence-corrected chi connectivity index (χ4v) is 2.43. The molecule has 1 N–H and O–H groups in total. The van der Waals surface area contributed by atoms with Gasteiger partial charge in [-0.15, -0.1) is 0 Å². The van der Waals surface area contributed by atoms with Gasteiger partial charge in [0.25, 0.3) is 0 Å². The molecule has 0 aliphatic heterocycles. The maximum atomic E-state index is 11.7. The monoisotopic (exact) mass is 328 g/mol. The second-order valence-corrected chi connectivity index (χ2v) is 5.16. The van der Waals surface area contributed by atoms with E-state index < -0.39 is 5.97 Å². The van der Waals surface area contributed by atoms with Gasteiger partial charge in [-0.1, -0.05) is 12.1 Å². The predicted octanol–water partition coefficient (Wildman–Crippen LogP) is 3.65. The Labute approximate surface area is 141 Å². The number of carboxylic acid groups (broad SMARTS) is 1. The van der Waals surface area contributed by atoms with Gasteiger partial charge in [0.1, 0.15) is 5.75 Å². The normalized spacial score (nSPS) is 11.1. The minimum Gasteiger partial charge on any atom is -0.497 e. The van der Waals surface area contributed by atoms with Crippen molar-refractivity contribution in [1.82, 2.24) is 0 Å². The van der Waals surface area contributed by atoms with Crippen LogP contribution in [0.4, 0.5) is 0 Å². The predicted molar refractivity (Wildman–Crippen MR) is 92.8 cm³/mol. The molecule has 0 aliphatic rings. The van der Waals surface area contributed by atoms with Gasteiger partial charge >= 0.3 is 5.97 Å². The fraction of sp³-hybridized carbons (Fsp3) is 0.211. The summed E-state index contributed by atoms with van der Waals surface area (Å²) in [7, 11) is 4.67. The van der Waals surface area contributed by atoms with Crippen LogP contribution in [0.3, 0.4) is 0 Å². The van der Waals surface area contributed by atoms with Crippen molar-refractivity contribution < 1.29 is 24.1 Å². The Morgan fingerprint density at radius 1 is 0.958 bits per heavy atom. The molecule has 5 nitrogen and oxygen atoms in total. The van der Waals surface area contributed by atoms with E-state index >= 15 is 0 Å². The van der Waals surface area contributed by atoms with E-state index in [9.17, 15) is 9.90 Å². The quantitative estimate of drug-likeness (QED) is 0.648. The van der Waals surface area contributed by atoms with E-state index in [1.165, 1.54) is 7.11 Å². The lowest BCUT2D eigenvalue weighted by Crippen LogP contribution is -2.02. The Bertz CT molecular complexity index is 777. The van der Waals surface area contributed by atoms with E-state index in [4.69, 9.17) is 14.2 Å². The van der Waals surface area contributed by atoms with Crippen LogP contribution in [0, 0.1) is 6.92 Å². The maximum Gasteiger partial charge on any atom is 0.336 e. The molecule has 0 saturated carbocycles. The van der Waals surface area contributed by atoms with Crippen LogP contribution >= 0.6 is 0 Å². The smallest absolute Gasteiger partial charge is 0.336 e. The molecule has 0 fully saturated rings. The number of rotatable bonds is 6. The largest absolute Gasteiger partial charge is 0.497 e. The summed E-state index contributed by atoms with van der Waals surface area (Å²) in [4.78, 5) is 11.7. The molecule has 0 bridgehead atoms. The lowest BCUT2D eigenvalue weighted by atomic mass is 9.98. The van der Waals surface area contributed by atoms with Crippen molar-refractivity contribution in [2.45, 2.75) is 6.92 Å². The summed E-state index contributed by atoms with van der Waals surface area (Å²) >= 11 is 0. The molecular weight excluding hydrogens is 308 g/mol. The van der Waals surface area contributed by atoms with Crippen molar-refractivity contribution in [3.8, 4) is 17.2 Å². The third-order valence-electron chi connectivity index (χ3n) is 3.67. The van der Waals surface area contributed by atoms with E-state index in [1.54, 1.807) is 56.7 Å². The average molecular weight is 328 g/mol. The first-order chi connectivity index (χ1) is 11.5. The molecule has 0 amide bonds. The first kappa shape index (κ1) is 17.4. The van der Waals surface area contributed by atoms with Crippen LogP contribution in [0.1, 0.15) is 16.7 Å². The summed E-state index contributed by atoms with van der Waals surface area (Å²) < 4.78 is 15.6. The molecule has 126 valence electrons. The van der Waals surface area contributed by atoms with Gasteiger partial charge in [0.05, 0.1) is 26.9 Å². The van der Waals surface area contributed by atoms with Gasteiger partial charge in [-0.2, -0.15) is 0 Å². The molecule has 0 aliphatic carbocycles. The molecule has 2 rings (SSSR count). The molecule has 0 spiro atoms. The highest BCUT2D eigenvalue weighted by atomic mass is 16.5. The van der Waals surface area contributed by atoms with Gasteiger partial charge in [0.2, 0.25) is 0 Å². The first-order valence-corrected chi connectivity index (χ1v) is 7.32. The van der Waals surface area contributed by atoms with Gasteiger partial charge < -0.3 is 19.3 Å². The summed E-state index contributed by atoms with van der Waals surface area (Å²) in [6.07, 6.45) is 1.61. The van der Waals surface area contributed by atoms with E-state index in [0.29, 0.717) is 28.4 Å². The highest BCUT2D eigenvalue weighted by Crippen LogP contribution is 2.30. The molecule has 0 heterocycles. The minimum absolute atomic E-state index is 0.197. The Morgan fingerprint density at radius 2 is 1.67 bits per heavy atom. The lowest BCUT2D eigenvalue weighted by Gasteiger charge is -2.11. The van der Waals surface area contributed by atoms with Gasteiger partial charge in [-0.05, 0) is 54.0 Å². The summed E-state index contributed by atoms with van der Waals surface area (Å²) in [6.45, 7) is 1.85. The van der Waals surface area contributed by atoms with Crippen LogP contribution < -0.4 is 14.2 Å². The molecule has 2 aromatic rings. The van der Waals surface area contributed by atoms with Crippen molar-refractivity contribution in [3.05, 3.63) is 53.1 Å². The minimum atomic E-state index is -1.00. The highest BCUT2D eigenvalue weighted by molar-refractivity contribution is 6.21. The zero-order chi connectivity index (χ0) is 17.7. The molecule has 24 heavy (non-hydrogen) atoms. The summed E-state index contributed by atoms with van der Waals surface area (Å²) in [5, 5.41) is 9.61. The zero-order valence-corrected chi connectivity index (χ0v) is 14.1. The Kier molecular flexibility index (Phi) is 5.47. The Morgan fingerprint density at radius 3 is 2.21 bits per heavy atom. The van der Waals surface area contributed by atoms with Crippen molar-refractivity contribution in [2.75, 3.05) is 21.3 Å². The second-order valence-electron chi connectivity index (χ2n) is 5.16. The number of methoxy groups -OCH3 is 3. The van der Waals surface area contributed by atoms with E-state index in [2.05, 4.69) is 0 Å². The van der Waals surface area contributed by atoms with Crippen molar-refractivity contribution >= 4 is 17.6 Å². The molecule has 0 atom stereocenters. The fourth-order valence-electron chi connectivity index (χ4n) is 2.43. The summed E-state index contributed by atoms with van der Waals surface area (Å²) in [5.74, 6) is 0.819. The molecule has 2 aromatic carbocycles. The van der Waals surface area contributed by atoms with Gasteiger partial charge in [0, 0.05) is 0 Å². The van der Waals surface area contributed by atoms with Crippen LogP contribution in [-0.2, 0) is 4.79 Å². The second kappa shape index (κ2) is 7.55. The molecule has 0 unspecified atom stereocenters. The van der Waals surface area contributed by atoms with Gasteiger partial charge in [-0.25, -0.2) is 4.79 Å². The Hall–Kier alpha value is -2.95. The van der Waals surface area contributed by atoms with E-state index in [1.807, 2.05) is 6.92 Å². The first-order valence-electron chi connectivity index (χ1n) is 7.32. The van der Waals surface area contributed by atoms with Crippen LogP contribution in [0.15, 0.2) is 36.4 Å². The molecular formula is C19H20O5. The SMILES string of the molecule is COc1ccc(/C(=C/c2ccc(OC)c(OC)c2)C(=O)O)c(C)c1. The zero-order valence-electron chi connectivity index (χ0n) is 14.1. The number of aryl methyl sites for hydroxylation is 1. The van der Waals surface area contributed by atoms with Crippen LogP contribution in [0.2, 0.25) is 0 Å². The van der Waals surface area contributed by atoms with Crippen molar-refractivity contribution in [1.29, 1.82) is 0 Å². The molecule has 0 saturated heterocycles. The number of hydrogen-bond acceptors (Lipinski definition) is 4. The topological polar surface area (TPSA) is 65.0 Å². The van der Waals surface area contributed by atoms with Crippen LogP contribution in [0.25, 0.3) is 11.6 Å². The molecule has 0 radical (unpaired) electrons. The average Bonchev–Trinajstić information content (AvgIpc) is 2.59. The van der Waals surface area contributed by atoms with Gasteiger partial charge in [0.15, 0.2) is 11.5 Å². The summed E-state index contributed by atoms with van der Waals surface area (Å²) in [5.41, 5.74) is 2.37. The molecule has 5 heteroatoms. The van der Waals surface area contributed by atoms with E-state index in [0.717, 1.165) is 5.56 Å². The molecule has 0 aromatic heterocycles. The number of hydrogen-bond donors (Lipinski definition) is 1. The Balaban J connectivity index is 2.52. The van der Waals surface area contributed by atoms with Crippen molar-refractivity contribution in [2.24, 2.45) is 0 Å². The van der Waals surface area contributed by atoms with E-state index in [-0.39, 0.29) is 5.57 Å². The third kappa shape index (κ3) is 3.68.